The summed E-state index contributed by atoms with van der Waals surface area (Å²) in [5, 5.41) is 11.2. The molecule has 0 atom stereocenters. The van der Waals surface area contributed by atoms with Crippen LogP contribution in [0.2, 0.25) is 5.02 Å². The molecular weight excluding hydrogens is 467 g/mol. The molecule has 0 aliphatic carbocycles. The average Bonchev–Trinajstić information content (AvgIpc) is 3.30. The predicted molar refractivity (Wildman–Crippen MR) is 120 cm³/mol. The minimum atomic E-state index is -0.727. The molecule has 0 radical (unpaired) electrons. The fourth-order valence-corrected chi connectivity index (χ4v) is 3.29. The van der Waals surface area contributed by atoms with Crippen molar-refractivity contribution >= 4 is 17.5 Å². The molecule has 0 fully saturated rings. The molecule has 0 saturated heterocycles. The van der Waals surface area contributed by atoms with Crippen LogP contribution in [0.1, 0.15) is 17.9 Å². The molecule has 2 aromatic carbocycles. The van der Waals surface area contributed by atoms with Gasteiger partial charge in [-0.2, -0.15) is 14.8 Å². The van der Waals surface area contributed by atoms with Gasteiger partial charge in [0.05, 0.1) is 5.69 Å². The van der Waals surface area contributed by atoms with Crippen LogP contribution in [0.4, 0.5) is 4.39 Å². The van der Waals surface area contributed by atoms with Crippen LogP contribution in [0, 0.1) is 5.82 Å². The molecule has 2 aromatic heterocycles. The molecule has 0 aliphatic rings. The Balaban J connectivity index is 1.48. The number of halogens is 2. The molecule has 1 amide bonds. The molecule has 12 heteroatoms. The second-order valence-corrected chi connectivity index (χ2v) is 7.74. The lowest BCUT2D eigenvalue weighted by molar-refractivity contribution is -0.121. The van der Waals surface area contributed by atoms with Crippen molar-refractivity contribution in [1.82, 2.24) is 29.8 Å². The van der Waals surface area contributed by atoms with Gasteiger partial charge in [0, 0.05) is 31.5 Å². The molecule has 4 rings (SSSR count). The molecule has 1 N–H and O–H groups in total. The van der Waals surface area contributed by atoms with Crippen LogP contribution in [-0.2, 0) is 24.8 Å². The molecule has 0 saturated carbocycles. The van der Waals surface area contributed by atoms with E-state index >= 15 is 0 Å². The third-order valence-corrected chi connectivity index (χ3v) is 5.11. The SMILES string of the molecule is Cn1c(=O)c(-c2noc(CCC(=O)NCc3cccc(Cl)c3)n2)nn(-c2ccc(F)cc2)c1=O. The molecule has 34 heavy (non-hydrogen) atoms. The lowest BCUT2D eigenvalue weighted by Crippen LogP contribution is -2.40. The second-order valence-electron chi connectivity index (χ2n) is 7.30. The normalized spacial score (nSPS) is 10.9. The molecule has 174 valence electrons. The number of carbonyl (C=O) groups is 1. The average molecular weight is 485 g/mol. The maximum absolute atomic E-state index is 13.2. The first-order valence-electron chi connectivity index (χ1n) is 10.1. The van der Waals surface area contributed by atoms with E-state index in [0.717, 1.165) is 26.9 Å². The monoisotopic (exact) mass is 484 g/mol. The maximum Gasteiger partial charge on any atom is 0.351 e. The number of nitrogens with zero attached hydrogens (tertiary/aromatic N) is 5. The summed E-state index contributed by atoms with van der Waals surface area (Å²) >= 11 is 5.93. The van der Waals surface area contributed by atoms with Gasteiger partial charge in [-0.15, -0.1) is 0 Å². The highest BCUT2D eigenvalue weighted by molar-refractivity contribution is 6.30. The number of aromatic nitrogens is 5. The second kappa shape index (κ2) is 9.79. The van der Waals surface area contributed by atoms with Gasteiger partial charge in [0.15, 0.2) is 5.69 Å². The number of rotatable bonds is 7. The Kier molecular flexibility index (Phi) is 6.64. The van der Waals surface area contributed by atoms with Crippen molar-refractivity contribution in [1.29, 1.82) is 0 Å². The van der Waals surface area contributed by atoms with E-state index in [1.807, 2.05) is 6.07 Å². The van der Waals surface area contributed by atoms with Crippen LogP contribution in [-0.4, -0.2) is 30.4 Å². The van der Waals surface area contributed by atoms with E-state index in [-0.39, 0.29) is 41.8 Å². The van der Waals surface area contributed by atoms with Crippen LogP contribution in [0.3, 0.4) is 0 Å². The molecular formula is C22H18ClFN6O4. The van der Waals surface area contributed by atoms with Crippen molar-refractivity contribution in [2.45, 2.75) is 19.4 Å². The van der Waals surface area contributed by atoms with Crippen molar-refractivity contribution in [3.05, 3.63) is 91.7 Å². The molecule has 4 aromatic rings. The Bertz CT molecular complexity index is 1460. The van der Waals surface area contributed by atoms with Crippen LogP contribution in [0.25, 0.3) is 17.2 Å². The van der Waals surface area contributed by atoms with E-state index in [0.29, 0.717) is 11.6 Å². The van der Waals surface area contributed by atoms with Crippen molar-refractivity contribution in [2.75, 3.05) is 0 Å². The summed E-state index contributed by atoms with van der Waals surface area (Å²) in [7, 11) is 1.28. The quantitative estimate of drug-likeness (QED) is 0.425. The van der Waals surface area contributed by atoms with Gasteiger partial charge in [-0.1, -0.05) is 28.9 Å². The van der Waals surface area contributed by atoms with E-state index in [2.05, 4.69) is 20.6 Å². The van der Waals surface area contributed by atoms with Crippen molar-refractivity contribution in [2.24, 2.45) is 7.05 Å². The summed E-state index contributed by atoms with van der Waals surface area (Å²) in [4.78, 5) is 41.3. The molecule has 10 nitrogen and oxygen atoms in total. The van der Waals surface area contributed by atoms with E-state index in [4.69, 9.17) is 16.1 Å². The first-order chi connectivity index (χ1) is 16.3. The minimum absolute atomic E-state index is 0.0721. The number of amides is 1. The van der Waals surface area contributed by atoms with Crippen LogP contribution < -0.4 is 16.6 Å². The molecule has 0 bridgehead atoms. The van der Waals surface area contributed by atoms with Crippen molar-refractivity contribution in [3.63, 3.8) is 0 Å². The van der Waals surface area contributed by atoms with Crippen LogP contribution in [0.15, 0.2) is 62.6 Å². The first-order valence-corrected chi connectivity index (χ1v) is 10.5. The lowest BCUT2D eigenvalue weighted by atomic mass is 10.2. The zero-order valence-electron chi connectivity index (χ0n) is 17.9. The van der Waals surface area contributed by atoms with E-state index in [1.165, 1.54) is 19.2 Å². The number of nitrogens with one attached hydrogen (secondary N) is 1. The van der Waals surface area contributed by atoms with Gasteiger partial charge in [0.1, 0.15) is 5.82 Å². The van der Waals surface area contributed by atoms with Gasteiger partial charge in [-0.25, -0.2) is 9.18 Å². The number of hydrogen-bond acceptors (Lipinski definition) is 7. The summed E-state index contributed by atoms with van der Waals surface area (Å²) in [6.07, 6.45) is 0.203. The Morgan fingerprint density at radius 2 is 1.94 bits per heavy atom. The molecule has 0 aliphatic heterocycles. The van der Waals surface area contributed by atoms with Crippen LogP contribution >= 0.6 is 11.6 Å². The molecule has 0 unspecified atom stereocenters. The summed E-state index contributed by atoms with van der Waals surface area (Å²) in [6.45, 7) is 0.319. The fraction of sp³-hybridized carbons (Fsp3) is 0.182. The van der Waals surface area contributed by atoms with Gasteiger partial charge >= 0.3 is 5.69 Å². The van der Waals surface area contributed by atoms with Crippen molar-refractivity contribution < 1.29 is 13.7 Å². The molecule has 0 spiro atoms. The van der Waals surface area contributed by atoms with Crippen molar-refractivity contribution in [3.8, 4) is 17.2 Å². The van der Waals surface area contributed by atoms with Crippen LogP contribution in [0.5, 0.6) is 0 Å². The van der Waals surface area contributed by atoms with Gasteiger partial charge in [0.2, 0.25) is 17.6 Å². The van der Waals surface area contributed by atoms with Gasteiger partial charge in [-0.3, -0.25) is 14.2 Å². The maximum atomic E-state index is 13.2. The Hall–Kier alpha value is -4.12. The fourth-order valence-electron chi connectivity index (χ4n) is 3.07. The van der Waals surface area contributed by atoms with E-state index in [1.54, 1.807) is 18.2 Å². The lowest BCUT2D eigenvalue weighted by Gasteiger charge is -2.07. The zero-order valence-corrected chi connectivity index (χ0v) is 18.6. The summed E-state index contributed by atoms with van der Waals surface area (Å²) in [5.74, 6) is -0.734. The highest BCUT2D eigenvalue weighted by Gasteiger charge is 2.19. The third kappa shape index (κ3) is 5.09. The summed E-state index contributed by atoms with van der Waals surface area (Å²) in [5.41, 5.74) is -0.565. The minimum Gasteiger partial charge on any atom is -0.352 e. The van der Waals surface area contributed by atoms with E-state index < -0.39 is 17.1 Å². The Morgan fingerprint density at radius 3 is 2.68 bits per heavy atom. The highest BCUT2D eigenvalue weighted by Crippen LogP contribution is 2.12. The largest absolute Gasteiger partial charge is 0.352 e. The Labute approximate surface area is 196 Å². The van der Waals surface area contributed by atoms with E-state index in [9.17, 15) is 18.8 Å². The standard InChI is InChI=1S/C22H18ClFN6O4/c1-29-21(32)19(27-30(22(29)33)16-7-5-15(24)6-8-16)20-26-18(34-28-20)10-9-17(31)25-12-13-3-2-4-14(23)11-13/h2-8,11H,9-10,12H2,1H3,(H,25,31). The smallest absolute Gasteiger partial charge is 0.351 e. The first kappa shape index (κ1) is 23.1. The third-order valence-electron chi connectivity index (χ3n) is 4.87. The van der Waals surface area contributed by atoms with Gasteiger partial charge < -0.3 is 9.84 Å². The molecule has 2 heterocycles. The van der Waals surface area contributed by atoms with Gasteiger partial charge in [0.25, 0.3) is 5.56 Å². The zero-order chi connectivity index (χ0) is 24.2. The summed E-state index contributed by atoms with van der Waals surface area (Å²) in [6, 6.07) is 12.2. The number of hydrogen-bond donors (Lipinski definition) is 1. The number of carbonyl (C=O) groups excluding carboxylic acids is 1. The Morgan fingerprint density at radius 1 is 1.18 bits per heavy atom. The van der Waals surface area contributed by atoms with Gasteiger partial charge in [-0.05, 0) is 42.0 Å². The predicted octanol–water partition coefficient (Wildman–Crippen LogP) is 2.02. The topological polar surface area (TPSA) is 125 Å². The number of aryl methyl sites for hydroxylation is 1. The number of benzene rings is 2. The summed E-state index contributed by atoms with van der Waals surface area (Å²) < 4.78 is 20.2. The highest BCUT2D eigenvalue weighted by atomic mass is 35.5.